The normalized spacial score (nSPS) is 12.1. The summed E-state index contributed by atoms with van der Waals surface area (Å²) in [6, 6.07) is 9.88. The minimum atomic E-state index is 0.212. The molecule has 0 saturated carbocycles. The number of nitrogens with zero attached hydrogens (tertiary/aromatic N) is 2. The largest absolute Gasteiger partial charge is 0.294 e. The molecule has 0 aliphatic carbocycles. The van der Waals surface area contributed by atoms with Crippen molar-refractivity contribution in [1.29, 1.82) is 0 Å². The van der Waals surface area contributed by atoms with Crippen molar-refractivity contribution in [3.05, 3.63) is 47.8 Å². The van der Waals surface area contributed by atoms with Gasteiger partial charge in [-0.2, -0.15) is 0 Å². The highest BCUT2D eigenvalue weighted by molar-refractivity contribution is 6.01. The molecule has 0 saturated heterocycles. The van der Waals surface area contributed by atoms with E-state index in [0.29, 0.717) is 12.2 Å². The molecule has 1 heterocycles. The van der Waals surface area contributed by atoms with E-state index in [4.69, 9.17) is 4.98 Å². The third kappa shape index (κ3) is 10.9. The minimum absolute atomic E-state index is 0.212. The number of Topliss-reactive ketones (excluding diaryl/α,β-unsaturated/α-hetero) is 1. The van der Waals surface area contributed by atoms with Crippen molar-refractivity contribution in [2.24, 2.45) is 5.92 Å². The maximum absolute atomic E-state index is 13.0. The van der Waals surface area contributed by atoms with Gasteiger partial charge in [0.2, 0.25) is 0 Å². The van der Waals surface area contributed by atoms with E-state index in [1.807, 2.05) is 36.5 Å². The number of hydrogen-bond donors (Lipinski definition) is 0. The molecule has 0 N–H and O–H groups in total. The van der Waals surface area contributed by atoms with E-state index >= 15 is 0 Å². The molecule has 0 aliphatic rings. The highest BCUT2D eigenvalue weighted by Crippen LogP contribution is 2.23. The smallest absolute Gasteiger partial charge is 0.163 e. The minimum Gasteiger partial charge on any atom is -0.294 e. The summed E-state index contributed by atoms with van der Waals surface area (Å²) >= 11 is 0. The number of ketones is 1. The SMILES string of the molecule is CCCCCCCCCCCCc1ccnc(-c2ccccc2C(=O)CCCCC(C)CC)n1. The summed E-state index contributed by atoms with van der Waals surface area (Å²) in [6.45, 7) is 6.80. The summed E-state index contributed by atoms with van der Waals surface area (Å²) in [5.41, 5.74) is 2.72. The summed E-state index contributed by atoms with van der Waals surface area (Å²) in [4.78, 5) is 22.3. The average molecular weight is 465 g/mol. The van der Waals surface area contributed by atoms with E-state index in [0.717, 1.165) is 42.0 Å². The monoisotopic (exact) mass is 464 g/mol. The molecular weight excluding hydrogens is 416 g/mol. The number of benzene rings is 1. The van der Waals surface area contributed by atoms with E-state index in [-0.39, 0.29) is 5.78 Å². The summed E-state index contributed by atoms with van der Waals surface area (Å²) in [6.07, 6.45) is 21.3. The van der Waals surface area contributed by atoms with E-state index in [2.05, 4.69) is 25.8 Å². The average Bonchev–Trinajstić information content (AvgIpc) is 2.87. The zero-order chi connectivity index (χ0) is 24.4. The van der Waals surface area contributed by atoms with Gasteiger partial charge >= 0.3 is 0 Å². The predicted octanol–water partition coefficient (Wildman–Crippen LogP) is 9.40. The first-order valence-corrected chi connectivity index (χ1v) is 14.1. The van der Waals surface area contributed by atoms with Crippen molar-refractivity contribution < 1.29 is 4.79 Å². The van der Waals surface area contributed by atoms with E-state index in [1.165, 1.54) is 77.0 Å². The lowest BCUT2D eigenvalue weighted by Crippen LogP contribution is -2.04. The Kier molecular flexibility index (Phi) is 14.4. The quantitative estimate of drug-likeness (QED) is 0.154. The Bertz CT molecular complexity index is 817. The summed E-state index contributed by atoms with van der Waals surface area (Å²) < 4.78 is 0. The lowest BCUT2D eigenvalue weighted by atomic mass is 9.96. The Morgan fingerprint density at radius 1 is 0.824 bits per heavy atom. The van der Waals surface area contributed by atoms with Crippen LogP contribution >= 0.6 is 0 Å². The highest BCUT2D eigenvalue weighted by atomic mass is 16.1. The fourth-order valence-corrected chi connectivity index (χ4v) is 4.50. The lowest BCUT2D eigenvalue weighted by molar-refractivity contribution is 0.0979. The molecule has 0 spiro atoms. The van der Waals surface area contributed by atoms with Gasteiger partial charge in [0.1, 0.15) is 0 Å². The third-order valence-corrected chi connectivity index (χ3v) is 7.02. The van der Waals surface area contributed by atoms with Crippen LogP contribution in [0, 0.1) is 5.92 Å². The topological polar surface area (TPSA) is 42.9 Å². The Labute approximate surface area is 209 Å². The molecule has 2 aromatic rings. The number of carbonyl (C=O) groups excluding carboxylic acids is 1. The fourth-order valence-electron chi connectivity index (χ4n) is 4.50. The van der Waals surface area contributed by atoms with Crippen molar-refractivity contribution in [3.8, 4) is 11.4 Å². The van der Waals surface area contributed by atoms with Crippen molar-refractivity contribution in [3.63, 3.8) is 0 Å². The fraction of sp³-hybridized carbons (Fsp3) is 0.645. The predicted molar refractivity (Wildman–Crippen MR) is 145 cm³/mol. The van der Waals surface area contributed by atoms with Crippen LogP contribution in [0.2, 0.25) is 0 Å². The molecule has 1 aromatic heterocycles. The maximum Gasteiger partial charge on any atom is 0.163 e. The zero-order valence-electron chi connectivity index (χ0n) is 22.2. The molecule has 188 valence electrons. The van der Waals surface area contributed by atoms with E-state index in [1.54, 1.807) is 0 Å². The van der Waals surface area contributed by atoms with Crippen LogP contribution in [-0.4, -0.2) is 15.8 Å². The Morgan fingerprint density at radius 2 is 1.50 bits per heavy atom. The van der Waals surface area contributed by atoms with Gasteiger partial charge in [0.15, 0.2) is 11.6 Å². The van der Waals surface area contributed by atoms with Gasteiger partial charge in [-0.3, -0.25) is 4.79 Å². The van der Waals surface area contributed by atoms with Crippen molar-refractivity contribution in [2.45, 2.75) is 124 Å². The molecule has 0 radical (unpaired) electrons. The molecular formula is C31H48N2O. The number of aryl methyl sites for hydroxylation is 1. The van der Waals surface area contributed by atoms with Crippen molar-refractivity contribution >= 4 is 5.78 Å². The van der Waals surface area contributed by atoms with Gasteiger partial charge in [-0.05, 0) is 31.2 Å². The van der Waals surface area contributed by atoms with Crippen LogP contribution in [0.25, 0.3) is 11.4 Å². The number of aromatic nitrogens is 2. The number of rotatable bonds is 19. The first kappa shape index (κ1) is 28.2. The second-order valence-corrected chi connectivity index (χ2v) is 10.0. The zero-order valence-corrected chi connectivity index (χ0v) is 22.2. The Hall–Kier alpha value is -2.03. The summed E-state index contributed by atoms with van der Waals surface area (Å²) in [5, 5.41) is 0. The van der Waals surface area contributed by atoms with Crippen molar-refractivity contribution in [2.75, 3.05) is 0 Å². The molecule has 3 nitrogen and oxygen atoms in total. The molecule has 0 bridgehead atoms. The standard InChI is InChI=1S/C31H48N2O/c1-4-6-7-8-9-10-11-12-13-14-20-27-24-25-32-31(33-27)29-22-17-16-21-28(29)30(34)23-18-15-19-26(3)5-2/h16-17,21-22,24-26H,4-15,18-20,23H2,1-3H3. The maximum atomic E-state index is 13.0. The number of unbranched alkanes of at least 4 members (excludes halogenated alkanes) is 10. The van der Waals surface area contributed by atoms with Gasteiger partial charge in [-0.1, -0.05) is 122 Å². The number of carbonyl (C=O) groups is 1. The Balaban J connectivity index is 1.81. The van der Waals surface area contributed by atoms with Crippen LogP contribution in [-0.2, 0) is 6.42 Å². The number of hydrogen-bond acceptors (Lipinski definition) is 3. The second-order valence-electron chi connectivity index (χ2n) is 10.0. The van der Waals surface area contributed by atoms with Crippen LogP contribution < -0.4 is 0 Å². The van der Waals surface area contributed by atoms with Crippen LogP contribution in [0.4, 0.5) is 0 Å². The van der Waals surface area contributed by atoms with Gasteiger partial charge in [-0.25, -0.2) is 9.97 Å². The molecule has 0 aliphatic heterocycles. The van der Waals surface area contributed by atoms with Crippen LogP contribution in [0.3, 0.4) is 0 Å². The first-order valence-electron chi connectivity index (χ1n) is 14.1. The lowest BCUT2D eigenvalue weighted by Gasteiger charge is -2.10. The molecule has 0 fully saturated rings. The van der Waals surface area contributed by atoms with Gasteiger partial charge < -0.3 is 0 Å². The first-order chi connectivity index (χ1) is 16.7. The molecule has 0 amide bonds. The Morgan fingerprint density at radius 3 is 2.21 bits per heavy atom. The molecule has 3 heteroatoms. The van der Waals surface area contributed by atoms with Crippen LogP contribution in [0.1, 0.15) is 133 Å². The second kappa shape index (κ2) is 17.4. The van der Waals surface area contributed by atoms with Crippen LogP contribution in [0.15, 0.2) is 36.5 Å². The van der Waals surface area contributed by atoms with Gasteiger partial charge in [0.25, 0.3) is 0 Å². The molecule has 1 unspecified atom stereocenters. The highest BCUT2D eigenvalue weighted by Gasteiger charge is 2.14. The molecule has 1 atom stereocenters. The van der Waals surface area contributed by atoms with Crippen LogP contribution in [0.5, 0.6) is 0 Å². The summed E-state index contributed by atoms with van der Waals surface area (Å²) in [7, 11) is 0. The molecule has 2 rings (SSSR count). The van der Waals surface area contributed by atoms with Gasteiger partial charge in [0.05, 0.1) is 0 Å². The molecule has 1 aromatic carbocycles. The summed E-state index contributed by atoms with van der Waals surface area (Å²) in [5.74, 6) is 1.64. The van der Waals surface area contributed by atoms with Gasteiger partial charge in [0, 0.05) is 29.4 Å². The van der Waals surface area contributed by atoms with Gasteiger partial charge in [-0.15, -0.1) is 0 Å². The van der Waals surface area contributed by atoms with Crippen molar-refractivity contribution in [1.82, 2.24) is 9.97 Å². The van der Waals surface area contributed by atoms with E-state index in [9.17, 15) is 4.79 Å². The van der Waals surface area contributed by atoms with E-state index < -0.39 is 0 Å². The third-order valence-electron chi connectivity index (χ3n) is 7.02. The molecule has 34 heavy (non-hydrogen) atoms.